The zero-order valence-corrected chi connectivity index (χ0v) is 11.2. The van der Waals surface area contributed by atoms with Crippen molar-refractivity contribution in [3.8, 4) is 0 Å². The molecule has 0 spiro atoms. The summed E-state index contributed by atoms with van der Waals surface area (Å²) in [6.45, 7) is 0. The van der Waals surface area contributed by atoms with E-state index in [4.69, 9.17) is 0 Å². The van der Waals surface area contributed by atoms with Crippen LogP contribution in [0, 0.1) is 5.82 Å². The van der Waals surface area contributed by atoms with Gasteiger partial charge in [-0.05, 0) is 37.0 Å². The number of aliphatic carboxylic acids is 1. The van der Waals surface area contributed by atoms with Crippen LogP contribution >= 0.6 is 0 Å². The Morgan fingerprint density at radius 1 is 1.20 bits per heavy atom. The second-order valence-corrected chi connectivity index (χ2v) is 5.27. The van der Waals surface area contributed by atoms with E-state index in [2.05, 4.69) is 5.32 Å². The molecule has 0 aromatic heterocycles. The number of carbonyl (C=O) groups is 2. The second kappa shape index (κ2) is 6.03. The van der Waals surface area contributed by atoms with Gasteiger partial charge >= 0.3 is 5.97 Å². The van der Waals surface area contributed by atoms with E-state index in [0.29, 0.717) is 19.3 Å². The number of benzene rings is 1. The lowest BCUT2D eigenvalue weighted by Crippen LogP contribution is -2.52. The van der Waals surface area contributed by atoms with Gasteiger partial charge in [-0.3, -0.25) is 4.79 Å². The van der Waals surface area contributed by atoms with Crippen molar-refractivity contribution in [2.75, 3.05) is 0 Å². The Morgan fingerprint density at radius 2 is 1.80 bits per heavy atom. The molecule has 1 aromatic rings. The topological polar surface area (TPSA) is 66.4 Å². The molecule has 0 saturated heterocycles. The highest BCUT2D eigenvalue weighted by Gasteiger charge is 2.42. The molecular formula is C15H18FNO3. The molecule has 0 aliphatic heterocycles. The summed E-state index contributed by atoms with van der Waals surface area (Å²) in [6.07, 6.45) is 3.31. The number of amides is 1. The zero-order chi connectivity index (χ0) is 14.6. The highest BCUT2D eigenvalue weighted by atomic mass is 19.1. The molecule has 0 atom stereocenters. The molecule has 20 heavy (non-hydrogen) atoms. The van der Waals surface area contributed by atoms with E-state index in [1.54, 1.807) is 12.1 Å². The number of carboxylic acids is 1. The average Bonchev–Trinajstić information content (AvgIpc) is 2.88. The zero-order valence-electron chi connectivity index (χ0n) is 11.2. The van der Waals surface area contributed by atoms with Crippen molar-refractivity contribution in [3.05, 3.63) is 35.6 Å². The third kappa shape index (κ3) is 3.35. The Morgan fingerprint density at radius 3 is 2.35 bits per heavy atom. The van der Waals surface area contributed by atoms with E-state index in [1.807, 2.05) is 0 Å². The predicted molar refractivity (Wildman–Crippen MR) is 71.7 cm³/mol. The van der Waals surface area contributed by atoms with Crippen molar-refractivity contribution in [1.82, 2.24) is 5.32 Å². The number of halogens is 1. The van der Waals surface area contributed by atoms with E-state index >= 15 is 0 Å². The Labute approximate surface area is 117 Å². The maximum absolute atomic E-state index is 12.8. The molecule has 1 saturated carbocycles. The van der Waals surface area contributed by atoms with Crippen LogP contribution in [0.2, 0.25) is 0 Å². The van der Waals surface area contributed by atoms with Crippen LogP contribution in [0.3, 0.4) is 0 Å². The summed E-state index contributed by atoms with van der Waals surface area (Å²) in [5.74, 6) is -1.53. The molecular weight excluding hydrogens is 261 g/mol. The van der Waals surface area contributed by atoms with Crippen molar-refractivity contribution < 1.29 is 19.1 Å². The van der Waals surface area contributed by atoms with Gasteiger partial charge in [-0.15, -0.1) is 0 Å². The molecule has 1 amide bonds. The van der Waals surface area contributed by atoms with Crippen LogP contribution in [-0.2, 0) is 16.0 Å². The molecule has 0 radical (unpaired) electrons. The van der Waals surface area contributed by atoms with Gasteiger partial charge in [0, 0.05) is 6.42 Å². The van der Waals surface area contributed by atoms with Gasteiger partial charge in [-0.25, -0.2) is 9.18 Å². The monoisotopic (exact) mass is 279 g/mol. The molecule has 0 bridgehead atoms. The van der Waals surface area contributed by atoms with Crippen LogP contribution in [-0.4, -0.2) is 22.5 Å². The molecule has 1 aromatic carbocycles. The number of rotatable bonds is 5. The van der Waals surface area contributed by atoms with Gasteiger partial charge in [0.15, 0.2) is 0 Å². The molecule has 0 heterocycles. The number of nitrogens with one attached hydrogen (secondary N) is 1. The molecule has 2 N–H and O–H groups in total. The quantitative estimate of drug-likeness (QED) is 0.869. The van der Waals surface area contributed by atoms with Crippen LogP contribution in [0.1, 0.15) is 37.7 Å². The minimum Gasteiger partial charge on any atom is -0.480 e. The number of carboxylic acid groups (broad SMARTS) is 1. The minimum absolute atomic E-state index is 0.209. The van der Waals surface area contributed by atoms with Gasteiger partial charge in [-0.2, -0.15) is 0 Å². The normalized spacial score (nSPS) is 16.9. The lowest BCUT2D eigenvalue weighted by molar-refractivity contribution is -0.147. The fourth-order valence-corrected chi connectivity index (χ4v) is 2.61. The standard InChI is InChI=1S/C15H18FNO3/c16-12-6-3-11(4-7-12)5-8-13(18)17-15(14(19)20)9-1-2-10-15/h3-4,6-7H,1-2,5,8-10H2,(H,17,18)(H,19,20). The maximum atomic E-state index is 12.8. The Bertz CT molecular complexity index is 492. The number of hydrogen-bond acceptors (Lipinski definition) is 2. The number of aryl methyl sites for hydroxylation is 1. The van der Waals surface area contributed by atoms with Crippen LogP contribution in [0.15, 0.2) is 24.3 Å². The van der Waals surface area contributed by atoms with Crippen LogP contribution in [0.5, 0.6) is 0 Å². The maximum Gasteiger partial charge on any atom is 0.329 e. The van der Waals surface area contributed by atoms with Crippen molar-refractivity contribution >= 4 is 11.9 Å². The SMILES string of the molecule is O=C(CCc1ccc(F)cc1)NC1(C(=O)O)CCCC1. The van der Waals surface area contributed by atoms with Crippen molar-refractivity contribution in [2.24, 2.45) is 0 Å². The summed E-state index contributed by atoms with van der Waals surface area (Å²) in [7, 11) is 0. The lowest BCUT2D eigenvalue weighted by Gasteiger charge is -2.25. The summed E-state index contributed by atoms with van der Waals surface area (Å²) < 4.78 is 12.8. The third-order valence-electron chi connectivity index (χ3n) is 3.80. The van der Waals surface area contributed by atoms with Crippen molar-refractivity contribution in [2.45, 2.75) is 44.1 Å². The Kier molecular flexibility index (Phi) is 4.37. The molecule has 4 nitrogen and oxygen atoms in total. The first-order chi connectivity index (χ1) is 9.52. The largest absolute Gasteiger partial charge is 0.480 e. The van der Waals surface area contributed by atoms with E-state index < -0.39 is 11.5 Å². The summed E-state index contributed by atoms with van der Waals surface area (Å²) >= 11 is 0. The number of hydrogen-bond donors (Lipinski definition) is 2. The van der Waals surface area contributed by atoms with E-state index in [-0.39, 0.29) is 18.1 Å². The van der Waals surface area contributed by atoms with E-state index in [9.17, 15) is 19.1 Å². The van der Waals surface area contributed by atoms with Crippen molar-refractivity contribution in [1.29, 1.82) is 0 Å². The minimum atomic E-state index is -1.08. The first-order valence-corrected chi connectivity index (χ1v) is 6.81. The third-order valence-corrected chi connectivity index (χ3v) is 3.80. The summed E-state index contributed by atoms with van der Waals surface area (Å²) in [6, 6.07) is 5.96. The van der Waals surface area contributed by atoms with Gasteiger partial charge in [0.1, 0.15) is 11.4 Å². The number of carbonyl (C=O) groups excluding carboxylic acids is 1. The molecule has 2 rings (SSSR count). The first kappa shape index (κ1) is 14.5. The molecule has 1 aliphatic carbocycles. The fraction of sp³-hybridized carbons (Fsp3) is 0.467. The average molecular weight is 279 g/mol. The summed E-state index contributed by atoms with van der Waals surface area (Å²) in [5.41, 5.74) is -0.225. The van der Waals surface area contributed by atoms with Crippen LogP contribution in [0.25, 0.3) is 0 Å². The van der Waals surface area contributed by atoms with Gasteiger partial charge in [0.25, 0.3) is 0 Å². The van der Waals surface area contributed by atoms with Crippen LogP contribution < -0.4 is 5.32 Å². The van der Waals surface area contributed by atoms with Gasteiger partial charge in [0.2, 0.25) is 5.91 Å². The van der Waals surface area contributed by atoms with E-state index in [1.165, 1.54) is 12.1 Å². The smallest absolute Gasteiger partial charge is 0.329 e. The molecule has 5 heteroatoms. The highest BCUT2D eigenvalue weighted by molar-refractivity contribution is 5.87. The fourth-order valence-electron chi connectivity index (χ4n) is 2.61. The first-order valence-electron chi connectivity index (χ1n) is 6.81. The lowest BCUT2D eigenvalue weighted by atomic mass is 9.97. The van der Waals surface area contributed by atoms with Crippen molar-refractivity contribution in [3.63, 3.8) is 0 Å². The molecule has 108 valence electrons. The van der Waals surface area contributed by atoms with Crippen LogP contribution in [0.4, 0.5) is 4.39 Å². The Hall–Kier alpha value is -1.91. The Balaban J connectivity index is 1.89. The second-order valence-electron chi connectivity index (χ2n) is 5.27. The van der Waals surface area contributed by atoms with Gasteiger partial charge in [0.05, 0.1) is 0 Å². The van der Waals surface area contributed by atoms with Gasteiger partial charge in [-0.1, -0.05) is 25.0 Å². The summed E-state index contributed by atoms with van der Waals surface area (Å²) in [5, 5.41) is 11.9. The molecule has 1 fully saturated rings. The van der Waals surface area contributed by atoms with E-state index in [0.717, 1.165) is 18.4 Å². The van der Waals surface area contributed by atoms with Gasteiger partial charge < -0.3 is 10.4 Å². The molecule has 0 unspecified atom stereocenters. The highest BCUT2D eigenvalue weighted by Crippen LogP contribution is 2.30. The predicted octanol–water partition coefficient (Wildman–Crippen LogP) is 2.27. The molecule has 1 aliphatic rings. The summed E-state index contributed by atoms with van der Waals surface area (Å²) in [4.78, 5) is 23.2.